The number of hydrogen-bond donors (Lipinski definition) is 2. The summed E-state index contributed by atoms with van der Waals surface area (Å²) in [5.74, 6) is -2.45. The predicted molar refractivity (Wildman–Crippen MR) is 62.9 cm³/mol. The van der Waals surface area contributed by atoms with Crippen LogP contribution in [-0.2, 0) is 14.3 Å². The first-order valence-electron chi connectivity index (χ1n) is 6.38. The van der Waals surface area contributed by atoms with E-state index in [1.165, 1.54) is 0 Å². The van der Waals surface area contributed by atoms with Gasteiger partial charge in [-0.15, -0.1) is 0 Å². The standard InChI is InChI=1S/C12H19F2NO4/c13-10(14)7-19-6-5-15-11(16)8-3-1-2-4-9(8)12(17)18/h8-10H,1-7H2,(H,15,16)(H,17,18). The number of halogens is 2. The number of carbonyl (C=O) groups is 2. The van der Waals surface area contributed by atoms with Crippen molar-refractivity contribution in [3.63, 3.8) is 0 Å². The summed E-state index contributed by atoms with van der Waals surface area (Å²) in [4.78, 5) is 22.9. The Bertz CT molecular complexity index is 312. The molecule has 1 rings (SSSR count). The maximum absolute atomic E-state index is 11.8. The molecule has 0 spiro atoms. The Labute approximate surface area is 110 Å². The lowest BCUT2D eigenvalue weighted by Crippen LogP contribution is -2.40. The van der Waals surface area contributed by atoms with Crippen LogP contribution in [0.25, 0.3) is 0 Å². The van der Waals surface area contributed by atoms with E-state index in [9.17, 15) is 18.4 Å². The van der Waals surface area contributed by atoms with Gasteiger partial charge in [0, 0.05) is 6.54 Å². The van der Waals surface area contributed by atoms with Crippen molar-refractivity contribution in [2.24, 2.45) is 11.8 Å². The molecule has 0 radical (unpaired) electrons. The van der Waals surface area contributed by atoms with Crippen LogP contribution in [0.15, 0.2) is 0 Å². The van der Waals surface area contributed by atoms with E-state index in [-0.39, 0.29) is 19.1 Å². The van der Waals surface area contributed by atoms with Crippen molar-refractivity contribution in [3.05, 3.63) is 0 Å². The molecule has 1 aliphatic carbocycles. The molecule has 0 aromatic carbocycles. The van der Waals surface area contributed by atoms with E-state index >= 15 is 0 Å². The van der Waals surface area contributed by atoms with E-state index in [4.69, 9.17) is 5.11 Å². The highest BCUT2D eigenvalue weighted by atomic mass is 19.3. The fourth-order valence-corrected chi connectivity index (χ4v) is 2.29. The molecule has 5 nitrogen and oxygen atoms in total. The molecule has 0 saturated heterocycles. The van der Waals surface area contributed by atoms with Crippen LogP contribution in [0.3, 0.4) is 0 Å². The molecule has 1 fully saturated rings. The number of carboxylic acid groups (broad SMARTS) is 1. The molecule has 1 saturated carbocycles. The number of rotatable bonds is 7. The third-order valence-electron chi connectivity index (χ3n) is 3.21. The van der Waals surface area contributed by atoms with Crippen LogP contribution in [0, 0.1) is 11.8 Å². The second-order valence-electron chi connectivity index (χ2n) is 4.59. The lowest BCUT2D eigenvalue weighted by Gasteiger charge is -2.27. The Balaban J connectivity index is 2.29. The first-order valence-corrected chi connectivity index (χ1v) is 6.38. The van der Waals surface area contributed by atoms with Gasteiger partial charge < -0.3 is 15.2 Å². The highest BCUT2D eigenvalue weighted by Gasteiger charge is 2.35. The first-order chi connectivity index (χ1) is 9.02. The van der Waals surface area contributed by atoms with Crippen molar-refractivity contribution in [2.45, 2.75) is 32.1 Å². The zero-order valence-electron chi connectivity index (χ0n) is 10.6. The topological polar surface area (TPSA) is 75.6 Å². The quantitative estimate of drug-likeness (QED) is 0.688. The number of alkyl halides is 2. The van der Waals surface area contributed by atoms with Gasteiger partial charge in [0.1, 0.15) is 6.61 Å². The second-order valence-corrected chi connectivity index (χ2v) is 4.59. The Morgan fingerprint density at radius 2 is 1.89 bits per heavy atom. The molecule has 0 bridgehead atoms. The van der Waals surface area contributed by atoms with Crippen molar-refractivity contribution < 1.29 is 28.2 Å². The largest absolute Gasteiger partial charge is 0.481 e. The van der Waals surface area contributed by atoms with Crippen LogP contribution in [0.4, 0.5) is 8.78 Å². The molecule has 1 aliphatic rings. The van der Waals surface area contributed by atoms with Gasteiger partial charge in [-0.1, -0.05) is 12.8 Å². The van der Waals surface area contributed by atoms with Crippen LogP contribution in [0.1, 0.15) is 25.7 Å². The molecule has 0 aromatic rings. The number of hydrogen-bond acceptors (Lipinski definition) is 3. The Morgan fingerprint density at radius 1 is 1.26 bits per heavy atom. The summed E-state index contributed by atoms with van der Waals surface area (Å²) < 4.78 is 28.2. The molecular weight excluding hydrogens is 260 g/mol. The van der Waals surface area contributed by atoms with Crippen molar-refractivity contribution in [1.82, 2.24) is 5.32 Å². The molecular formula is C12H19F2NO4. The number of carboxylic acids is 1. The first kappa shape index (κ1) is 15.8. The van der Waals surface area contributed by atoms with E-state index in [0.717, 1.165) is 12.8 Å². The zero-order chi connectivity index (χ0) is 14.3. The summed E-state index contributed by atoms with van der Waals surface area (Å²) in [5.41, 5.74) is 0. The van der Waals surface area contributed by atoms with Gasteiger partial charge in [0.05, 0.1) is 18.4 Å². The van der Waals surface area contributed by atoms with Crippen molar-refractivity contribution in [3.8, 4) is 0 Å². The molecule has 1 amide bonds. The van der Waals surface area contributed by atoms with Crippen molar-refractivity contribution in [1.29, 1.82) is 0 Å². The SMILES string of the molecule is O=C(O)C1CCCCC1C(=O)NCCOCC(F)F. The molecule has 0 heterocycles. The predicted octanol–water partition coefficient (Wildman–Crippen LogP) is 1.28. The lowest BCUT2D eigenvalue weighted by molar-refractivity contribution is -0.149. The molecule has 7 heteroatoms. The van der Waals surface area contributed by atoms with Gasteiger partial charge in [-0.05, 0) is 12.8 Å². The minimum atomic E-state index is -2.52. The van der Waals surface area contributed by atoms with E-state index in [1.54, 1.807) is 0 Å². The Hall–Kier alpha value is -1.24. The fraction of sp³-hybridized carbons (Fsp3) is 0.833. The highest BCUT2D eigenvalue weighted by molar-refractivity contribution is 5.84. The smallest absolute Gasteiger partial charge is 0.307 e. The number of amides is 1. The minimum absolute atomic E-state index is 0.000534. The molecule has 110 valence electrons. The Morgan fingerprint density at radius 3 is 2.47 bits per heavy atom. The second kappa shape index (κ2) is 8.04. The van der Waals surface area contributed by atoms with Gasteiger partial charge in [0.15, 0.2) is 0 Å². The van der Waals surface area contributed by atoms with Crippen LogP contribution in [0.5, 0.6) is 0 Å². The summed E-state index contributed by atoms with van der Waals surface area (Å²) in [5, 5.41) is 11.6. The average molecular weight is 279 g/mol. The molecule has 0 aliphatic heterocycles. The molecule has 0 aromatic heterocycles. The number of nitrogens with one attached hydrogen (secondary N) is 1. The number of carbonyl (C=O) groups excluding carboxylic acids is 1. The van der Waals surface area contributed by atoms with Gasteiger partial charge >= 0.3 is 5.97 Å². The maximum atomic E-state index is 11.8. The van der Waals surface area contributed by atoms with E-state index < -0.39 is 30.8 Å². The van der Waals surface area contributed by atoms with Gasteiger partial charge in [0.2, 0.25) is 5.91 Å². The van der Waals surface area contributed by atoms with Gasteiger partial charge in [0.25, 0.3) is 6.43 Å². The van der Waals surface area contributed by atoms with Gasteiger partial charge in [-0.3, -0.25) is 9.59 Å². The average Bonchev–Trinajstić information content (AvgIpc) is 2.37. The molecule has 2 unspecified atom stereocenters. The third kappa shape index (κ3) is 5.50. The molecule has 2 atom stereocenters. The molecule has 19 heavy (non-hydrogen) atoms. The monoisotopic (exact) mass is 279 g/mol. The molecule has 2 N–H and O–H groups in total. The third-order valence-corrected chi connectivity index (χ3v) is 3.21. The summed E-state index contributed by atoms with van der Waals surface area (Å²) in [6.45, 7) is -0.536. The van der Waals surface area contributed by atoms with Gasteiger partial charge in [-0.2, -0.15) is 0 Å². The van der Waals surface area contributed by atoms with E-state index in [2.05, 4.69) is 10.1 Å². The highest BCUT2D eigenvalue weighted by Crippen LogP contribution is 2.30. The van der Waals surface area contributed by atoms with Crippen molar-refractivity contribution >= 4 is 11.9 Å². The summed E-state index contributed by atoms with van der Waals surface area (Å²) in [6, 6.07) is 0. The normalized spacial score (nSPS) is 23.3. The van der Waals surface area contributed by atoms with Crippen LogP contribution in [0.2, 0.25) is 0 Å². The lowest BCUT2D eigenvalue weighted by atomic mass is 9.79. The Kier molecular flexibility index (Phi) is 6.69. The van der Waals surface area contributed by atoms with E-state index in [1.807, 2.05) is 0 Å². The summed E-state index contributed by atoms with van der Waals surface area (Å²) >= 11 is 0. The van der Waals surface area contributed by atoms with E-state index in [0.29, 0.717) is 12.8 Å². The number of aliphatic carboxylic acids is 1. The van der Waals surface area contributed by atoms with Crippen LogP contribution >= 0.6 is 0 Å². The fourth-order valence-electron chi connectivity index (χ4n) is 2.29. The zero-order valence-corrected chi connectivity index (χ0v) is 10.6. The maximum Gasteiger partial charge on any atom is 0.307 e. The van der Waals surface area contributed by atoms with Crippen molar-refractivity contribution in [2.75, 3.05) is 19.8 Å². The number of ether oxygens (including phenoxy) is 1. The minimum Gasteiger partial charge on any atom is -0.481 e. The van der Waals surface area contributed by atoms with Crippen LogP contribution in [-0.4, -0.2) is 43.2 Å². The van der Waals surface area contributed by atoms with Gasteiger partial charge in [-0.25, -0.2) is 8.78 Å². The summed E-state index contributed by atoms with van der Waals surface area (Å²) in [7, 11) is 0. The summed E-state index contributed by atoms with van der Waals surface area (Å²) in [6.07, 6.45) is 0.197. The van der Waals surface area contributed by atoms with Crippen LogP contribution < -0.4 is 5.32 Å².